The Morgan fingerprint density at radius 1 is 1.05 bits per heavy atom. The van der Waals surface area contributed by atoms with E-state index in [0.717, 1.165) is 36.2 Å². The first-order chi connectivity index (χ1) is 9.94. The van der Waals surface area contributed by atoms with E-state index in [1.165, 1.54) is 5.69 Å². The zero-order valence-corrected chi connectivity index (χ0v) is 13.3. The molecular formula is C15H22N6. The largest absolute Gasteiger partial charge is 0.363 e. The molecule has 112 valence electrons. The van der Waals surface area contributed by atoms with Crippen LogP contribution in [0.4, 0.5) is 11.8 Å². The van der Waals surface area contributed by atoms with Crippen LogP contribution in [0.5, 0.6) is 0 Å². The van der Waals surface area contributed by atoms with E-state index in [9.17, 15) is 0 Å². The van der Waals surface area contributed by atoms with Crippen molar-refractivity contribution in [1.29, 1.82) is 0 Å². The van der Waals surface area contributed by atoms with Gasteiger partial charge in [-0.05, 0) is 26.8 Å². The van der Waals surface area contributed by atoms with E-state index in [1.807, 2.05) is 38.9 Å². The molecule has 0 aromatic carbocycles. The third kappa shape index (κ3) is 2.57. The lowest BCUT2D eigenvalue weighted by Crippen LogP contribution is -2.49. The number of hydrogen-bond acceptors (Lipinski definition) is 5. The lowest BCUT2D eigenvalue weighted by Gasteiger charge is -2.40. The Hall–Kier alpha value is -2.11. The van der Waals surface area contributed by atoms with Crippen molar-refractivity contribution in [3.63, 3.8) is 0 Å². The molecule has 0 unspecified atom stereocenters. The molecule has 0 spiro atoms. The van der Waals surface area contributed by atoms with E-state index in [2.05, 4.69) is 37.6 Å². The van der Waals surface area contributed by atoms with Crippen molar-refractivity contribution < 1.29 is 0 Å². The normalized spacial score (nSPS) is 15.2. The molecular weight excluding hydrogens is 264 g/mol. The topological polar surface area (TPSA) is 50.1 Å². The minimum atomic E-state index is 0.422. The lowest BCUT2D eigenvalue weighted by molar-refractivity contribution is 0.356. The Kier molecular flexibility index (Phi) is 3.31. The number of aryl methyl sites for hydroxylation is 3. The molecule has 0 N–H and O–H groups in total. The van der Waals surface area contributed by atoms with Gasteiger partial charge in [-0.25, -0.2) is 4.98 Å². The van der Waals surface area contributed by atoms with Crippen LogP contribution in [0.25, 0.3) is 0 Å². The number of anilines is 2. The Balaban J connectivity index is 1.75. The Labute approximate surface area is 125 Å². The van der Waals surface area contributed by atoms with Crippen molar-refractivity contribution in [1.82, 2.24) is 19.7 Å². The van der Waals surface area contributed by atoms with Crippen LogP contribution in [0.3, 0.4) is 0 Å². The summed E-state index contributed by atoms with van der Waals surface area (Å²) in [6.45, 7) is 7.98. The van der Waals surface area contributed by atoms with E-state index in [-0.39, 0.29) is 0 Å². The maximum absolute atomic E-state index is 4.62. The molecule has 1 aliphatic rings. The second-order valence-electron chi connectivity index (χ2n) is 5.99. The predicted octanol–water partition coefficient (Wildman–Crippen LogP) is 1.73. The van der Waals surface area contributed by atoms with Crippen molar-refractivity contribution in [2.45, 2.75) is 26.8 Å². The Bertz CT molecular complexity index is 654. The highest BCUT2D eigenvalue weighted by Crippen LogP contribution is 2.27. The average molecular weight is 286 g/mol. The molecule has 3 heterocycles. The smallest absolute Gasteiger partial charge is 0.227 e. The van der Waals surface area contributed by atoms with Crippen LogP contribution in [-0.4, -0.2) is 46.9 Å². The first-order valence-corrected chi connectivity index (χ1v) is 7.25. The van der Waals surface area contributed by atoms with Crippen LogP contribution in [-0.2, 0) is 0 Å². The molecule has 0 aliphatic carbocycles. The van der Waals surface area contributed by atoms with Gasteiger partial charge in [0, 0.05) is 44.6 Å². The van der Waals surface area contributed by atoms with Crippen LogP contribution in [0, 0.1) is 20.8 Å². The third-order valence-electron chi connectivity index (χ3n) is 3.82. The molecule has 0 bridgehead atoms. The van der Waals surface area contributed by atoms with Gasteiger partial charge < -0.3 is 9.80 Å². The molecule has 1 saturated heterocycles. The van der Waals surface area contributed by atoms with Gasteiger partial charge >= 0.3 is 0 Å². The molecule has 6 heteroatoms. The molecule has 6 nitrogen and oxygen atoms in total. The zero-order valence-electron chi connectivity index (χ0n) is 13.3. The summed E-state index contributed by atoms with van der Waals surface area (Å²) in [4.78, 5) is 13.4. The molecule has 0 saturated carbocycles. The second-order valence-corrected chi connectivity index (χ2v) is 5.99. The number of aromatic nitrogens is 4. The van der Waals surface area contributed by atoms with Gasteiger partial charge in [0.15, 0.2) is 0 Å². The second kappa shape index (κ2) is 5.02. The van der Waals surface area contributed by atoms with E-state index in [0.29, 0.717) is 6.04 Å². The van der Waals surface area contributed by atoms with Crippen molar-refractivity contribution in [2.24, 2.45) is 0 Å². The predicted molar refractivity (Wildman–Crippen MR) is 84.0 cm³/mol. The van der Waals surface area contributed by atoms with Crippen LogP contribution in [0.2, 0.25) is 0 Å². The monoisotopic (exact) mass is 286 g/mol. The van der Waals surface area contributed by atoms with Crippen molar-refractivity contribution in [3.8, 4) is 0 Å². The highest BCUT2D eigenvalue weighted by molar-refractivity contribution is 5.46. The van der Waals surface area contributed by atoms with Crippen LogP contribution < -0.4 is 9.80 Å². The fraction of sp³-hybridized carbons (Fsp3) is 0.533. The minimum Gasteiger partial charge on any atom is -0.363 e. The quantitative estimate of drug-likeness (QED) is 0.860. The van der Waals surface area contributed by atoms with Crippen molar-refractivity contribution in [3.05, 3.63) is 29.2 Å². The molecule has 3 rings (SSSR count). The minimum absolute atomic E-state index is 0.422. The summed E-state index contributed by atoms with van der Waals surface area (Å²) in [6.07, 6.45) is 0. The molecule has 0 atom stereocenters. The zero-order chi connectivity index (χ0) is 15.1. The van der Waals surface area contributed by atoms with E-state index < -0.39 is 0 Å². The summed E-state index contributed by atoms with van der Waals surface area (Å²) in [5.74, 6) is 1.77. The first-order valence-electron chi connectivity index (χ1n) is 7.25. The maximum atomic E-state index is 4.62. The van der Waals surface area contributed by atoms with Gasteiger partial charge in [0.25, 0.3) is 0 Å². The lowest BCUT2D eigenvalue weighted by atomic mass is 10.1. The van der Waals surface area contributed by atoms with Crippen molar-refractivity contribution in [2.75, 3.05) is 37.0 Å². The fourth-order valence-corrected chi connectivity index (χ4v) is 2.70. The molecule has 0 radical (unpaired) electrons. The van der Waals surface area contributed by atoms with Gasteiger partial charge in [-0.15, -0.1) is 0 Å². The van der Waals surface area contributed by atoms with Crippen molar-refractivity contribution >= 4 is 11.8 Å². The summed E-state index contributed by atoms with van der Waals surface area (Å²) < 4.78 is 2.12. The Morgan fingerprint density at radius 2 is 1.76 bits per heavy atom. The summed E-state index contributed by atoms with van der Waals surface area (Å²) in [5, 5.41) is 4.56. The highest BCUT2D eigenvalue weighted by atomic mass is 15.4. The number of nitrogens with zero attached hydrogens (tertiary/aromatic N) is 6. The van der Waals surface area contributed by atoms with Gasteiger partial charge in [-0.2, -0.15) is 10.1 Å². The molecule has 2 aromatic heterocycles. The highest BCUT2D eigenvalue weighted by Gasteiger charge is 2.31. The fourth-order valence-electron chi connectivity index (χ4n) is 2.70. The Morgan fingerprint density at radius 3 is 2.33 bits per heavy atom. The summed E-state index contributed by atoms with van der Waals surface area (Å²) in [7, 11) is 4.00. The number of hydrogen-bond donors (Lipinski definition) is 0. The summed E-state index contributed by atoms with van der Waals surface area (Å²) in [5.41, 5.74) is 3.29. The van der Waals surface area contributed by atoms with Gasteiger partial charge in [0.05, 0.1) is 11.7 Å². The summed E-state index contributed by atoms with van der Waals surface area (Å²) in [6, 6.07) is 4.54. The van der Waals surface area contributed by atoms with Gasteiger partial charge in [0.1, 0.15) is 5.82 Å². The SMILES string of the molecule is Cc1cc(N(C)C)nc(N2CC(n3nc(C)cc3C)C2)n1. The van der Waals surface area contributed by atoms with Gasteiger partial charge in [0.2, 0.25) is 5.95 Å². The summed E-state index contributed by atoms with van der Waals surface area (Å²) >= 11 is 0. The number of rotatable bonds is 3. The third-order valence-corrected chi connectivity index (χ3v) is 3.82. The molecule has 1 aliphatic heterocycles. The van der Waals surface area contributed by atoms with E-state index in [1.54, 1.807) is 0 Å². The maximum Gasteiger partial charge on any atom is 0.227 e. The van der Waals surface area contributed by atoms with Gasteiger partial charge in [-0.1, -0.05) is 0 Å². The van der Waals surface area contributed by atoms with Crippen LogP contribution in [0.15, 0.2) is 12.1 Å². The molecule has 1 fully saturated rings. The van der Waals surface area contributed by atoms with E-state index >= 15 is 0 Å². The molecule has 21 heavy (non-hydrogen) atoms. The van der Waals surface area contributed by atoms with E-state index in [4.69, 9.17) is 0 Å². The molecule has 0 amide bonds. The standard InChI is InChI=1S/C15H22N6/c1-10-7-14(19(4)5)17-15(16-10)20-8-13(9-20)21-12(3)6-11(2)18-21/h6-7,13H,8-9H2,1-5H3. The first kappa shape index (κ1) is 13.9. The van der Waals surface area contributed by atoms with Gasteiger partial charge in [-0.3, -0.25) is 4.68 Å². The average Bonchev–Trinajstić information content (AvgIpc) is 2.66. The molecule has 2 aromatic rings. The van der Waals surface area contributed by atoms with Crippen LogP contribution >= 0.6 is 0 Å². The van der Waals surface area contributed by atoms with Crippen LogP contribution in [0.1, 0.15) is 23.1 Å².